The number of amides is 1. The van der Waals surface area contributed by atoms with Gasteiger partial charge in [-0.2, -0.15) is 4.98 Å². The average molecular weight is 499 g/mol. The topological polar surface area (TPSA) is 98.3 Å². The number of carbonyl (C=O) groups excluding carboxylic acids is 1. The SMILES string of the molecule is C=CCNC(=O)c1cnc(Nc2ccc(N3CCN(C)CC3)cc2)nc1Nc1ccc2c(n1)C(C)CC2. The van der Waals surface area contributed by atoms with Gasteiger partial charge in [0, 0.05) is 56.0 Å². The maximum atomic E-state index is 12.8. The second kappa shape index (κ2) is 11.0. The van der Waals surface area contributed by atoms with Gasteiger partial charge in [-0.1, -0.05) is 19.1 Å². The lowest BCUT2D eigenvalue weighted by Gasteiger charge is -2.34. The molecule has 1 fully saturated rings. The Balaban J connectivity index is 1.36. The Morgan fingerprint density at radius 3 is 2.62 bits per heavy atom. The minimum Gasteiger partial charge on any atom is -0.369 e. The highest BCUT2D eigenvalue weighted by atomic mass is 16.1. The quantitative estimate of drug-likeness (QED) is 0.400. The minimum absolute atomic E-state index is 0.278. The van der Waals surface area contributed by atoms with Crippen molar-refractivity contribution in [3.05, 3.63) is 72.1 Å². The smallest absolute Gasteiger partial charge is 0.256 e. The zero-order valence-corrected chi connectivity index (χ0v) is 21.5. The lowest BCUT2D eigenvalue weighted by molar-refractivity contribution is 0.0958. The first kappa shape index (κ1) is 24.7. The molecular weight excluding hydrogens is 464 g/mol. The summed E-state index contributed by atoms with van der Waals surface area (Å²) in [7, 11) is 2.16. The van der Waals surface area contributed by atoms with E-state index in [1.807, 2.05) is 18.2 Å². The van der Waals surface area contributed by atoms with Crippen LogP contribution in [0.1, 0.15) is 40.9 Å². The average Bonchev–Trinajstić information content (AvgIpc) is 3.28. The van der Waals surface area contributed by atoms with Crippen LogP contribution in [0.15, 0.2) is 55.3 Å². The van der Waals surface area contributed by atoms with Crippen molar-refractivity contribution < 1.29 is 4.79 Å². The van der Waals surface area contributed by atoms with Gasteiger partial charge in [0.25, 0.3) is 5.91 Å². The Hall–Kier alpha value is -3.98. The molecule has 3 N–H and O–H groups in total. The second-order valence-corrected chi connectivity index (χ2v) is 9.72. The van der Waals surface area contributed by atoms with Crippen molar-refractivity contribution >= 4 is 34.9 Å². The number of aromatic nitrogens is 3. The summed E-state index contributed by atoms with van der Waals surface area (Å²) >= 11 is 0. The van der Waals surface area contributed by atoms with Crippen LogP contribution in [0.4, 0.5) is 29.0 Å². The normalized spacial score (nSPS) is 17.2. The minimum atomic E-state index is -0.278. The van der Waals surface area contributed by atoms with Crippen LogP contribution in [-0.2, 0) is 6.42 Å². The number of carbonyl (C=O) groups is 1. The predicted octanol–water partition coefficient (Wildman–Crippen LogP) is 4.08. The summed E-state index contributed by atoms with van der Waals surface area (Å²) < 4.78 is 0. The standard InChI is InChI=1S/C28H34N8O/c1-4-13-29-27(37)23-18-30-28(31-21-8-10-22(11-9-21)36-16-14-35(3)15-17-36)34-26(23)33-24-12-7-20-6-5-19(2)25(20)32-24/h4,7-12,18-19H,1,5-6,13-17H2,2-3H3,(H,29,37)(H2,30,31,32,33,34). The molecule has 1 saturated heterocycles. The van der Waals surface area contributed by atoms with E-state index in [1.54, 1.807) is 6.08 Å². The van der Waals surface area contributed by atoms with Crippen LogP contribution in [0.3, 0.4) is 0 Å². The number of nitrogens with zero attached hydrogens (tertiary/aromatic N) is 5. The van der Waals surface area contributed by atoms with Gasteiger partial charge in [0.15, 0.2) is 0 Å². The van der Waals surface area contributed by atoms with Crippen molar-refractivity contribution in [1.82, 2.24) is 25.2 Å². The monoisotopic (exact) mass is 498 g/mol. The molecule has 37 heavy (non-hydrogen) atoms. The fourth-order valence-corrected chi connectivity index (χ4v) is 4.75. The second-order valence-electron chi connectivity index (χ2n) is 9.72. The number of hydrogen-bond acceptors (Lipinski definition) is 8. The van der Waals surface area contributed by atoms with E-state index < -0.39 is 0 Å². The summed E-state index contributed by atoms with van der Waals surface area (Å²) in [6, 6.07) is 12.3. The van der Waals surface area contributed by atoms with Gasteiger partial charge in [0.05, 0.1) is 0 Å². The molecule has 3 heterocycles. The number of fused-ring (bicyclic) bond motifs is 1. The number of hydrogen-bond donors (Lipinski definition) is 3. The van der Waals surface area contributed by atoms with Crippen LogP contribution < -0.4 is 20.9 Å². The fraction of sp³-hybridized carbons (Fsp3) is 0.357. The number of aryl methyl sites for hydroxylation is 1. The summed E-state index contributed by atoms with van der Waals surface area (Å²) in [5, 5.41) is 9.34. The molecule has 1 aliphatic heterocycles. The van der Waals surface area contributed by atoms with Gasteiger partial charge in [-0.05, 0) is 61.7 Å². The van der Waals surface area contributed by atoms with E-state index in [9.17, 15) is 4.79 Å². The van der Waals surface area contributed by atoms with Gasteiger partial charge in [0.1, 0.15) is 17.2 Å². The largest absolute Gasteiger partial charge is 0.369 e. The van der Waals surface area contributed by atoms with Crippen molar-refractivity contribution in [2.45, 2.75) is 25.7 Å². The number of benzene rings is 1. The highest BCUT2D eigenvalue weighted by Crippen LogP contribution is 2.32. The van der Waals surface area contributed by atoms with E-state index >= 15 is 0 Å². The van der Waals surface area contributed by atoms with E-state index in [0.717, 1.165) is 50.4 Å². The highest BCUT2D eigenvalue weighted by molar-refractivity contribution is 5.99. The molecule has 1 aromatic carbocycles. The number of likely N-dealkylation sites (N-methyl/N-ethyl adjacent to an activating group) is 1. The lowest BCUT2D eigenvalue weighted by Crippen LogP contribution is -2.44. The molecule has 0 saturated carbocycles. The van der Waals surface area contributed by atoms with Gasteiger partial charge in [-0.25, -0.2) is 9.97 Å². The molecule has 5 rings (SSSR count). The molecule has 0 radical (unpaired) electrons. The summed E-state index contributed by atoms with van der Waals surface area (Å²) in [6.07, 6.45) is 5.33. The van der Waals surface area contributed by atoms with Crippen LogP contribution in [0.2, 0.25) is 0 Å². The van der Waals surface area contributed by atoms with Crippen LogP contribution in [0, 0.1) is 0 Å². The van der Waals surface area contributed by atoms with Crippen molar-refractivity contribution in [1.29, 1.82) is 0 Å². The van der Waals surface area contributed by atoms with Gasteiger partial charge in [-0.15, -0.1) is 6.58 Å². The molecule has 1 atom stereocenters. The Kier molecular flexibility index (Phi) is 7.32. The predicted molar refractivity (Wildman–Crippen MR) is 148 cm³/mol. The molecule has 1 aliphatic carbocycles. The summed E-state index contributed by atoms with van der Waals surface area (Å²) in [6.45, 7) is 10.4. The van der Waals surface area contributed by atoms with E-state index in [1.165, 1.54) is 17.4 Å². The van der Waals surface area contributed by atoms with E-state index in [4.69, 9.17) is 4.98 Å². The Bertz CT molecular complexity index is 1270. The zero-order valence-electron chi connectivity index (χ0n) is 21.5. The van der Waals surface area contributed by atoms with Crippen LogP contribution in [-0.4, -0.2) is 65.5 Å². The Labute approximate surface area is 218 Å². The summed E-state index contributed by atoms with van der Waals surface area (Å²) in [4.78, 5) is 31.4. The molecule has 192 valence electrons. The van der Waals surface area contributed by atoms with Gasteiger partial charge >= 0.3 is 0 Å². The summed E-state index contributed by atoms with van der Waals surface area (Å²) in [5.41, 5.74) is 4.81. The maximum Gasteiger partial charge on any atom is 0.256 e. The molecule has 0 spiro atoms. The first-order chi connectivity index (χ1) is 18.0. The molecule has 3 aromatic rings. The first-order valence-electron chi connectivity index (χ1n) is 12.8. The van der Waals surface area contributed by atoms with Crippen molar-refractivity contribution in [3.8, 4) is 0 Å². The highest BCUT2D eigenvalue weighted by Gasteiger charge is 2.21. The molecule has 9 nitrogen and oxygen atoms in total. The molecule has 1 amide bonds. The molecule has 1 unspecified atom stereocenters. The number of anilines is 5. The van der Waals surface area contributed by atoms with Gasteiger partial charge in [0.2, 0.25) is 5.95 Å². The summed E-state index contributed by atoms with van der Waals surface area (Å²) in [5.74, 6) is 1.59. The molecular formula is C28H34N8O. The molecule has 2 aromatic heterocycles. The third-order valence-electron chi connectivity index (χ3n) is 7.00. The third-order valence-corrected chi connectivity index (χ3v) is 7.00. The Morgan fingerprint density at radius 1 is 1.08 bits per heavy atom. The van der Waals surface area contributed by atoms with Gasteiger partial charge < -0.3 is 25.8 Å². The van der Waals surface area contributed by atoms with E-state index in [-0.39, 0.29) is 5.91 Å². The van der Waals surface area contributed by atoms with Crippen LogP contribution in [0.25, 0.3) is 0 Å². The fourth-order valence-electron chi connectivity index (χ4n) is 4.75. The lowest BCUT2D eigenvalue weighted by atomic mass is 10.1. The number of piperazine rings is 1. The van der Waals surface area contributed by atoms with Crippen molar-refractivity contribution in [3.63, 3.8) is 0 Å². The van der Waals surface area contributed by atoms with Gasteiger partial charge in [-0.3, -0.25) is 4.79 Å². The number of nitrogens with one attached hydrogen (secondary N) is 3. The number of rotatable bonds is 8. The van der Waals surface area contributed by atoms with E-state index in [0.29, 0.717) is 35.6 Å². The maximum absolute atomic E-state index is 12.8. The molecule has 2 aliphatic rings. The Morgan fingerprint density at radius 2 is 1.86 bits per heavy atom. The van der Waals surface area contributed by atoms with Crippen LogP contribution >= 0.6 is 0 Å². The molecule has 9 heteroatoms. The molecule has 0 bridgehead atoms. The number of pyridine rings is 1. The third kappa shape index (κ3) is 5.72. The van der Waals surface area contributed by atoms with Crippen molar-refractivity contribution in [2.75, 3.05) is 55.3 Å². The first-order valence-corrected chi connectivity index (χ1v) is 12.8. The zero-order chi connectivity index (χ0) is 25.8. The van der Waals surface area contributed by atoms with Crippen LogP contribution in [0.5, 0.6) is 0 Å². The van der Waals surface area contributed by atoms with Crippen molar-refractivity contribution in [2.24, 2.45) is 0 Å². The van der Waals surface area contributed by atoms with E-state index in [2.05, 4.69) is 74.5 Å².